The molecule has 0 radical (unpaired) electrons. The average Bonchev–Trinajstić information content (AvgIpc) is 2.61. The van der Waals surface area contributed by atoms with E-state index in [1.165, 1.54) is 0 Å². The molecule has 5 heteroatoms. The van der Waals surface area contributed by atoms with Gasteiger partial charge in [-0.25, -0.2) is 4.98 Å². The number of alkyl halides is 1. The van der Waals surface area contributed by atoms with E-state index in [-0.39, 0.29) is 6.67 Å². The topological polar surface area (TPSA) is 28.2 Å². The maximum Gasteiger partial charge on any atom is 0.182 e. The van der Waals surface area contributed by atoms with Crippen molar-refractivity contribution < 1.29 is 4.39 Å². The van der Waals surface area contributed by atoms with Crippen LogP contribution in [-0.4, -0.2) is 42.2 Å². The van der Waals surface area contributed by atoms with Crippen molar-refractivity contribution in [2.75, 3.05) is 31.6 Å². The summed E-state index contributed by atoms with van der Waals surface area (Å²) in [6.45, 7) is 2.70. The van der Waals surface area contributed by atoms with Crippen LogP contribution in [0.3, 0.4) is 0 Å². The second-order valence-corrected chi connectivity index (χ2v) is 4.38. The van der Waals surface area contributed by atoms with E-state index in [1.807, 2.05) is 5.38 Å². The lowest BCUT2D eigenvalue weighted by Crippen LogP contribution is -2.54. The quantitative estimate of drug-likeness (QED) is 0.808. The lowest BCUT2D eigenvalue weighted by molar-refractivity contribution is 0.155. The number of aromatic nitrogens is 1. The molecule has 1 aromatic rings. The van der Waals surface area contributed by atoms with Crippen molar-refractivity contribution in [3.63, 3.8) is 0 Å². The summed E-state index contributed by atoms with van der Waals surface area (Å²) in [5.74, 6) is 0. The molecule has 1 aromatic heterocycles. The van der Waals surface area contributed by atoms with Gasteiger partial charge in [0.15, 0.2) is 5.13 Å². The lowest BCUT2D eigenvalue weighted by Gasteiger charge is -2.39. The van der Waals surface area contributed by atoms with Crippen LogP contribution in [0.5, 0.6) is 0 Å². The van der Waals surface area contributed by atoms with Gasteiger partial charge < -0.3 is 5.32 Å². The maximum atomic E-state index is 11.9. The fourth-order valence-corrected chi connectivity index (χ4v) is 2.20. The largest absolute Gasteiger partial charge is 0.356 e. The zero-order valence-electron chi connectivity index (χ0n) is 7.95. The Balaban J connectivity index is 1.63. The van der Waals surface area contributed by atoms with Gasteiger partial charge in [-0.1, -0.05) is 0 Å². The molecule has 1 fully saturated rings. The number of thiazole rings is 1. The van der Waals surface area contributed by atoms with E-state index in [1.54, 1.807) is 17.5 Å². The van der Waals surface area contributed by atoms with E-state index in [0.717, 1.165) is 24.8 Å². The Morgan fingerprint density at radius 1 is 1.64 bits per heavy atom. The van der Waals surface area contributed by atoms with Gasteiger partial charge in [0.1, 0.15) is 0 Å². The molecule has 3 nitrogen and oxygen atoms in total. The van der Waals surface area contributed by atoms with Gasteiger partial charge in [-0.2, -0.15) is 0 Å². The molecule has 1 aliphatic heterocycles. The first-order chi connectivity index (χ1) is 6.88. The number of rotatable bonds is 5. The summed E-state index contributed by atoms with van der Waals surface area (Å²) in [4.78, 5) is 6.41. The summed E-state index contributed by atoms with van der Waals surface area (Å²) in [6, 6.07) is 0.501. The van der Waals surface area contributed by atoms with Gasteiger partial charge in [-0.15, -0.1) is 11.3 Å². The first kappa shape index (κ1) is 9.86. The number of nitrogens with zero attached hydrogens (tertiary/aromatic N) is 2. The minimum atomic E-state index is -0.207. The van der Waals surface area contributed by atoms with Gasteiger partial charge in [-0.3, -0.25) is 9.29 Å². The molecule has 1 saturated heterocycles. The predicted octanol–water partition coefficient (Wildman–Crippen LogP) is 1.60. The summed E-state index contributed by atoms with van der Waals surface area (Å²) in [7, 11) is 0. The molecule has 0 atom stereocenters. The van der Waals surface area contributed by atoms with Crippen molar-refractivity contribution >= 4 is 16.5 Å². The maximum absolute atomic E-state index is 11.9. The highest BCUT2D eigenvalue weighted by molar-refractivity contribution is 7.13. The van der Waals surface area contributed by atoms with E-state index >= 15 is 0 Å². The van der Waals surface area contributed by atoms with Crippen molar-refractivity contribution in [2.45, 2.75) is 12.5 Å². The summed E-state index contributed by atoms with van der Waals surface area (Å²) >= 11 is 1.62. The van der Waals surface area contributed by atoms with Crippen LogP contribution in [0.2, 0.25) is 0 Å². The fraction of sp³-hybridized carbons (Fsp3) is 0.667. The molecular weight excluding hydrogens is 201 g/mol. The average molecular weight is 215 g/mol. The summed E-state index contributed by atoms with van der Waals surface area (Å²) in [6.07, 6.45) is 2.45. The third-order valence-electron chi connectivity index (χ3n) is 2.33. The molecule has 0 saturated carbocycles. The van der Waals surface area contributed by atoms with Crippen molar-refractivity contribution in [1.82, 2.24) is 9.88 Å². The molecule has 0 aromatic carbocycles. The number of anilines is 1. The van der Waals surface area contributed by atoms with E-state index in [0.29, 0.717) is 12.5 Å². The molecule has 14 heavy (non-hydrogen) atoms. The Bertz CT molecular complexity index is 259. The third kappa shape index (κ3) is 2.42. The summed E-state index contributed by atoms with van der Waals surface area (Å²) in [5.41, 5.74) is 0. The lowest BCUT2D eigenvalue weighted by atomic mass is 10.1. The highest BCUT2D eigenvalue weighted by Gasteiger charge is 2.26. The van der Waals surface area contributed by atoms with Crippen LogP contribution in [0.15, 0.2) is 11.6 Å². The van der Waals surface area contributed by atoms with Crippen LogP contribution in [0.25, 0.3) is 0 Å². The molecule has 1 N–H and O–H groups in total. The van der Waals surface area contributed by atoms with E-state index < -0.39 is 0 Å². The fourth-order valence-electron chi connectivity index (χ4n) is 1.60. The minimum Gasteiger partial charge on any atom is -0.356 e. The SMILES string of the molecule is FCCCN1CC(Nc2nccs2)C1. The van der Waals surface area contributed by atoms with Crippen molar-refractivity contribution in [1.29, 1.82) is 0 Å². The molecule has 0 aliphatic carbocycles. The number of likely N-dealkylation sites (tertiary alicyclic amines) is 1. The molecule has 2 rings (SSSR count). The van der Waals surface area contributed by atoms with Gasteiger partial charge in [0.2, 0.25) is 0 Å². The van der Waals surface area contributed by atoms with Crippen LogP contribution >= 0.6 is 11.3 Å². The highest BCUT2D eigenvalue weighted by atomic mass is 32.1. The molecule has 0 bridgehead atoms. The van der Waals surface area contributed by atoms with Gasteiger partial charge in [-0.05, 0) is 6.42 Å². The number of halogens is 1. The molecule has 0 spiro atoms. The van der Waals surface area contributed by atoms with Crippen molar-refractivity contribution in [3.8, 4) is 0 Å². The Hall–Kier alpha value is -0.680. The molecule has 2 heterocycles. The standard InChI is InChI=1S/C9H14FN3S/c10-2-1-4-13-6-8(7-13)12-9-11-3-5-14-9/h3,5,8H,1-2,4,6-7H2,(H,11,12). The minimum absolute atomic E-state index is 0.207. The zero-order valence-corrected chi connectivity index (χ0v) is 8.76. The van der Waals surface area contributed by atoms with Gasteiger partial charge in [0.05, 0.1) is 12.7 Å². The molecule has 0 amide bonds. The Morgan fingerprint density at radius 3 is 3.14 bits per heavy atom. The van der Waals surface area contributed by atoms with E-state index in [4.69, 9.17) is 0 Å². The monoisotopic (exact) mass is 215 g/mol. The summed E-state index contributed by atoms with van der Waals surface area (Å²) < 4.78 is 11.9. The van der Waals surface area contributed by atoms with E-state index in [9.17, 15) is 4.39 Å². The van der Waals surface area contributed by atoms with Gasteiger partial charge >= 0.3 is 0 Å². The number of hydrogen-bond acceptors (Lipinski definition) is 4. The Kier molecular flexibility index (Phi) is 3.31. The summed E-state index contributed by atoms with van der Waals surface area (Å²) in [5, 5.41) is 6.28. The Morgan fingerprint density at radius 2 is 2.50 bits per heavy atom. The zero-order chi connectivity index (χ0) is 9.80. The van der Waals surface area contributed by atoms with Crippen molar-refractivity contribution in [3.05, 3.63) is 11.6 Å². The first-order valence-corrected chi connectivity index (χ1v) is 5.71. The first-order valence-electron chi connectivity index (χ1n) is 4.83. The van der Waals surface area contributed by atoms with E-state index in [2.05, 4.69) is 15.2 Å². The second kappa shape index (κ2) is 4.70. The third-order valence-corrected chi connectivity index (χ3v) is 3.03. The molecule has 1 aliphatic rings. The predicted molar refractivity (Wildman–Crippen MR) is 56.6 cm³/mol. The number of hydrogen-bond donors (Lipinski definition) is 1. The molecule has 0 unspecified atom stereocenters. The second-order valence-electron chi connectivity index (χ2n) is 3.48. The van der Waals surface area contributed by atoms with Crippen molar-refractivity contribution in [2.24, 2.45) is 0 Å². The van der Waals surface area contributed by atoms with Crippen LogP contribution in [-0.2, 0) is 0 Å². The number of nitrogens with one attached hydrogen (secondary N) is 1. The van der Waals surface area contributed by atoms with Gasteiger partial charge in [0, 0.05) is 31.2 Å². The normalized spacial score (nSPS) is 18.1. The van der Waals surface area contributed by atoms with Gasteiger partial charge in [0.25, 0.3) is 0 Å². The highest BCUT2D eigenvalue weighted by Crippen LogP contribution is 2.17. The molecule has 78 valence electrons. The van der Waals surface area contributed by atoms with Crippen LogP contribution < -0.4 is 5.32 Å². The van der Waals surface area contributed by atoms with Crippen LogP contribution in [0.4, 0.5) is 9.52 Å². The Labute approximate surface area is 87.0 Å². The van der Waals surface area contributed by atoms with Crippen LogP contribution in [0, 0.1) is 0 Å². The molecular formula is C9H14FN3S. The van der Waals surface area contributed by atoms with Crippen LogP contribution in [0.1, 0.15) is 6.42 Å². The smallest absolute Gasteiger partial charge is 0.182 e.